The first-order valence-electron chi connectivity index (χ1n) is 6.28. The van der Waals surface area contributed by atoms with Crippen LogP contribution in [0.3, 0.4) is 0 Å². The van der Waals surface area contributed by atoms with Crippen LogP contribution in [0.5, 0.6) is 5.75 Å². The molecule has 2 aromatic heterocycles. The number of fused-ring (bicyclic) bond motifs is 1. The fraction of sp³-hybridized carbons (Fsp3) is 0.0667. The molecule has 1 aromatic carbocycles. The second-order valence-electron chi connectivity index (χ2n) is 4.35. The van der Waals surface area contributed by atoms with Gasteiger partial charge in [-0.25, -0.2) is 0 Å². The maximum atomic E-state index is 12.4. The van der Waals surface area contributed by atoms with Gasteiger partial charge in [0.2, 0.25) is 0 Å². The number of thiophene rings is 1. The summed E-state index contributed by atoms with van der Waals surface area (Å²) in [6, 6.07) is 10.9. The van der Waals surface area contributed by atoms with Gasteiger partial charge >= 0.3 is 0 Å². The Bertz CT molecular complexity index is 814. The van der Waals surface area contributed by atoms with E-state index in [1.165, 1.54) is 11.3 Å². The van der Waals surface area contributed by atoms with E-state index in [2.05, 4.69) is 10.3 Å². The van der Waals surface area contributed by atoms with Crippen molar-refractivity contribution in [2.24, 2.45) is 0 Å². The lowest BCUT2D eigenvalue weighted by atomic mass is 10.2. The predicted molar refractivity (Wildman–Crippen MR) is 85.0 cm³/mol. The summed E-state index contributed by atoms with van der Waals surface area (Å²) in [7, 11) is 1.56. The molecule has 5 nitrogen and oxygen atoms in total. The Morgan fingerprint density at radius 1 is 1.29 bits per heavy atom. The van der Waals surface area contributed by atoms with Crippen LogP contribution in [-0.2, 0) is 0 Å². The van der Waals surface area contributed by atoms with Gasteiger partial charge in [0.25, 0.3) is 5.91 Å². The maximum Gasteiger partial charge on any atom is 0.268 e. The van der Waals surface area contributed by atoms with E-state index >= 15 is 0 Å². The molecule has 3 aromatic rings. The number of para-hydroxylation sites is 2. The molecular formula is C15H13N3O2S. The van der Waals surface area contributed by atoms with Crippen LogP contribution in [0, 0.1) is 0 Å². The van der Waals surface area contributed by atoms with Gasteiger partial charge < -0.3 is 15.8 Å². The number of amides is 1. The number of aromatic nitrogens is 1. The summed E-state index contributed by atoms with van der Waals surface area (Å²) < 4.78 is 6.11. The molecule has 0 saturated heterocycles. The Balaban J connectivity index is 1.96. The maximum absolute atomic E-state index is 12.4. The van der Waals surface area contributed by atoms with E-state index in [1.807, 2.05) is 24.3 Å². The second kappa shape index (κ2) is 5.41. The molecule has 0 aliphatic rings. The highest BCUT2D eigenvalue weighted by atomic mass is 32.1. The first-order chi connectivity index (χ1) is 10.2. The van der Waals surface area contributed by atoms with Crippen LogP contribution in [0.4, 0.5) is 11.4 Å². The van der Waals surface area contributed by atoms with Gasteiger partial charge in [-0.15, -0.1) is 11.3 Å². The third-order valence-electron chi connectivity index (χ3n) is 3.04. The van der Waals surface area contributed by atoms with Gasteiger partial charge in [0.05, 0.1) is 23.2 Å². The monoisotopic (exact) mass is 299 g/mol. The molecule has 0 unspecified atom stereocenters. The number of pyridine rings is 1. The lowest BCUT2D eigenvalue weighted by molar-refractivity contribution is 0.103. The Labute approximate surface area is 125 Å². The van der Waals surface area contributed by atoms with E-state index < -0.39 is 0 Å². The summed E-state index contributed by atoms with van der Waals surface area (Å²) in [6.07, 6.45) is 1.66. The Morgan fingerprint density at radius 2 is 2.10 bits per heavy atom. The third-order valence-corrected chi connectivity index (χ3v) is 4.20. The third kappa shape index (κ3) is 2.41. The van der Waals surface area contributed by atoms with E-state index in [1.54, 1.807) is 25.4 Å². The Kier molecular flexibility index (Phi) is 3.45. The van der Waals surface area contributed by atoms with Crippen LogP contribution in [0.15, 0.2) is 42.6 Å². The fourth-order valence-corrected chi connectivity index (χ4v) is 3.02. The van der Waals surface area contributed by atoms with Gasteiger partial charge in [-0.3, -0.25) is 9.78 Å². The van der Waals surface area contributed by atoms with Crippen molar-refractivity contribution in [1.82, 2.24) is 4.98 Å². The number of carbonyl (C=O) groups excluding carboxylic acids is 1. The SMILES string of the molecule is COc1ccccc1NC(=O)c1sc2cccnc2c1N. The first-order valence-corrected chi connectivity index (χ1v) is 7.09. The van der Waals surface area contributed by atoms with Crippen molar-refractivity contribution in [1.29, 1.82) is 0 Å². The fourth-order valence-electron chi connectivity index (χ4n) is 2.04. The van der Waals surface area contributed by atoms with Gasteiger partial charge in [-0.1, -0.05) is 12.1 Å². The van der Waals surface area contributed by atoms with Gasteiger partial charge in [0, 0.05) is 6.20 Å². The van der Waals surface area contributed by atoms with Crippen LogP contribution >= 0.6 is 11.3 Å². The highest BCUT2D eigenvalue weighted by Gasteiger charge is 2.18. The number of nitrogens with zero attached hydrogens (tertiary/aromatic N) is 1. The average Bonchev–Trinajstić information content (AvgIpc) is 2.85. The molecule has 3 rings (SSSR count). The summed E-state index contributed by atoms with van der Waals surface area (Å²) in [4.78, 5) is 17.1. The number of nitrogens with one attached hydrogen (secondary N) is 1. The molecule has 0 saturated carbocycles. The Morgan fingerprint density at radius 3 is 2.86 bits per heavy atom. The van der Waals surface area contributed by atoms with Crippen molar-refractivity contribution in [3.63, 3.8) is 0 Å². The number of methoxy groups -OCH3 is 1. The zero-order valence-electron chi connectivity index (χ0n) is 11.3. The van der Waals surface area contributed by atoms with E-state index in [4.69, 9.17) is 10.5 Å². The van der Waals surface area contributed by atoms with Crippen molar-refractivity contribution in [2.45, 2.75) is 0 Å². The molecule has 0 aliphatic carbocycles. The highest BCUT2D eigenvalue weighted by Crippen LogP contribution is 2.33. The smallest absolute Gasteiger partial charge is 0.268 e. The number of carbonyl (C=O) groups is 1. The normalized spacial score (nSPS) is 10.5. The minimum Gasteiger partial charge on any atom is -0.495 e. The van der Waals surface area contributed by atoms with E-state index in [9.17, 15) is 4.79 Å². The zero-order valence-corrected chi connectivity index (χ0v) is 12.1. The molecule has 0 radical (unpaired) electrons. The quantitative estimate of drug-likeness (QED) is 0.779. The molecule has 0 aliphatic heterocycles. The van der Waals surface area contributed by atoms with Gasteiger partial charge in [-0.05, 0) is 24.3 Å². The van der Waals surface area contributed by atoms with E-state index in [0.29, 0.717) is 27.5 Å². The topological polar surface area (TPSA) is 77.2 Å². The van der Waals surface area contributed by atoms with Crippen molar-refractivity contribution >= 4 is 38.8 Å². The molecule has 0 spiro atoms. The number of hydrogen-bond acceptors (Lipinski definition) is 5. The summed E-state index contributed by atoms with van der Waals surface area (Å²) in [6.45, 7) is 0. The van der Waals surface area contributed by atoms with Crippen molar-refractivity contribution in [2.75, 3.05) is 18.2 Å². The number of rotatable bonds is 3. The number of benzene rings is 1. The van der Waals surface area contributed by atoms with Crippen LogP contribution in [0.1, 0.15) is 9.67 Å². The standard InChI is InChI=1S/C15H13N3O2S/c1-20-10-6-3-2-5-9(10)18-15(19)14-12(16)13-11(21-14)7-4-8-17-13/h2-8H,16H2,1H3,(H,18,19). The van der Waals surface area contributed by atoms with E-state index in [-0.39, 0.29) is 5.91 Å². The number of ether oxygens (including phenoxy) is 1. The molecule has 0 atom stereocenters. The summed E-state index contributed by atoms with van der Waals surface area (Å²) in [5.41, 5.74) is 7.69. The largest absolute Gasteiger partial charge is 0.495 e. The van der Waals surface area contributed by atoms with Gasteiger partial charge in [0.1, 0.15) is 16.1 Å². The van der Waals surface area contributed by atoms with Gasteiger partial charge in [0.15, 0.2) is 0 Å². The molecule has 0 fully saturated rings. The van der Waals surface area contributed by atoms with Crippen LogP contribution in [0.2, 0.25) is 0 Å². The molecule has 1 amide bonds. The molecule has 0 bridgehead atoms. The van der Waals surface area contributed by atoms with Crippen molar-refractivity contribution in [3.05, 3.63) is 47.5 Å². The predicted octanol–water partition coefficient (Wildman–Crippen LogP) is 3.14. The molecule has 2 heterocycles. The number of nitrogens with two attached hydrogens (primary N) is 1. The second-order valence-corrected chi connectivity index (χ2v) is 5.40. The van der Waals surface area contributed by atoms with Gasteiger partial charge in [-0.2, -0.15) is 0 Å². The minimum atomic E-state index is -0.264. The summed E-state index contributed by atoms with van der Waals surface area (Å²) in [5, 5.41) is 2.82. The minimum absolute atomic E-state index is 0.264. The molecule has 106 valence electrons. The lowest BCUT2D eigenvalue weighted by Gasteiger charge is -2.09. The van der Waals surface area contributed by atoms with Crippen molar-refractivity contribution in [3.8, 4) is 5.75 Å². The molecular weight excluding hydrogens is 286 g/mol. The highest BCUT2D eigenvalue weighted by molar-refractivity contribution is 7.21. The van der Waals surface area contributed by atoms with Crippen LogP contribution < -0.4 is 15.8 Å². The number of anilines is 2. The first kappa shape index (κ1) is 13.4. The molecule has 21 heavy (non-hydrogen) atoms. The summed E-state index contributed by atoms with van der Waals surface area (Å²) >= 11 is 1.32. The number of nitrogen functional groups attached to an aromatic ring is 1. The van der Waals surface area contributed by atoms with Crippen LogP contribution in [-0.4, -0.2) is 18.0 Å². The summed E-state index contributed by atoms with van der Waals surface area (Å²) in [5.74, 6) is 0.337. The molecule has 3 N–H and O–H groups in total. The molecule has 6 heteroatoms. The average molecular weight is 299 g/mol. The van der Waals surface area contributed by atoms with Crippen LogP contribution in [0.25, 0.3) is 10.2 Å². The zero-order chi connectivity index (χ0) is 14.8. The lowest BCUT2D eigenvalue weighted by Crippen LogP contribution is -2.12. The Hall–Kier alpha value is -2.60. The number of hydrogen-bond donors (Lipinski definition) is 2. The van der Waals surface area contributed by atoms with E-state index in [0.717, 1.165) is 4.70 Å². The van der Waals surface area contributed by atoms with Crippen molar-refractivity contribution < 1.29 is 9.53 Å².